The molecule has 1 amide bonds. The van der Waals surface area contributed by atoms with Crippen LogP contribution in [0.1, 0.15) is 28.1 Å². The topological polar surface area (TPSA) is 125 Å². The lowest BCUT2D eigenvalue weighted by molar-refractivity contribution is -0.141. The Morgan fingerprint density at radius 3 is 2.53 bits per heavy atom. The molecule has 164 valence electrons. The Morgan fingerprint density at radius 2 is 1.94 bits per heavy atom. The van der Waals surface area contributed by atoms with Crippen molar-refractivity contribution >= 4 is 17.6 Å². The van der Waals surface area contributed by atoms with Crippen LogP contribution in [0.5, 0.6) is 0 Å². The maximum atomic E-state index is 13.6. The smallest absolute Gasteiger partial charge is 0.433 e. The van der Waals surface area contributed by atoms with E-state index in [1.807, 2.05) is 5.32 Å². The van der Waals surface area contributed by atoms with Crippen LogP contribution in [0.3, 0.4) is 0 Å². The van der Waals surface area contributed by atoms with Gasteiger partial charge >= 0.3 is 6.18 Å². The average molecular weight is 443 g/mol. The van der Waals surface area contributed by atoms with Crippen molar-refractivity contribution in [3.8, 4) is 6.07 Å². The predicted molar refractivity (Wildman–Crippen MR) is 106 cm³/mol. The summed E-state index contributed by atoms with van der Waals surface area (Å²) in [6.45, 7) is 1.44. The molecule has 11 heteroatoms. The van der Waals surface area contributed by atoms with Crippen LogP contribution in [0.25, 0.3) is 5.76 Å². The molecule has 0 aliphatic rings. The lowest BCUT2D eigenvalue weighted by Crippen LogP contribution is -2.20. The average Bonchev–Trinajstić information content (AvgIpc) is 3.19. The summed E-state index contributed by atoms with van der Waals surface area (Å²) in [5.41, 5.74) is -1.26. The first-order chi connectivity index (χ1) is 15.2. The van der Waals surface area contributed by atoms with E-state index >= 15 is 0 Å². The number of alkyl halides is 3. The zero-order chi connectivity index (χ0) is 23.3. The number of benzene rings is 1. The van der Waals surface area contributed by atoms with Gasteiger partial charge in [0.15, 0.2) is 17.0 Å². The van der Waals surface area contributed by atoms with Crippen molar-refractivity contribution in [1.29, 1.82) is 5.26 Å². The van der Waals surface area contributed by atoms with Gasteiger partial charge in [-0.25, -0.2) is 9.97 Å². The molecule has 32 heavy (non-hydrogen) atoms. The number of nitriles is 1. The van der Waals surface area contributed by atoms with E-state index in [0.29, 0.717) is 6.42 Å². The van der Waals surface area contributed by atoms with E-state index in [-0.39, 0.29) is 23.3 Å². The molecule has 0 radical (unpaired) electrons. The van der Waals surface area contributed by atoms with Crippen LogP contribution in [0, 0.1) is 18.3 Å². The third-order valence-corrected chi connectivity index (χ3v) is 4.47. The van der Waals surface area contributed by atoms with Crippen molar-refractivity contribution < 1.29 is 27.6 Å². The molecule has 8 nitrogen and oxygen atoms in total. The van der Waals surface area contributed by atoms with Gasteiger partial charge in [-0.15, -0.1) is 0 Å². The summed E-state index contributed by atoms with van der Waals surface area (Å²) in [5.74, 6) is -2.44. The van der Waals surface area contributed by atoms with Gasteiger partial charge in [0.05, 0.1) is 11.8 Å². The fraction of sp³-hybridized carbons (Fsp3) is 0.190. The van der Waals surface area contributed by atoms with Gasteiger partial charge in [0, 0.05) is 11.8 Å². The number of aromatic nitrogens is 3. The van der Waals surface area contributed by atoms with Crippen molar-refractivity contribution in [3.63, 3.8) is 0 Å². The molecule has 0 unspecified atom stereocenters. The number of aliphatic hydroxyl groups is 1. The molecule has 3 rings (SSSR count). The largest absolute Gasteiger partial charge is 0.506 e. The van der Waals surface area contributed by atoms with Gasteiger partial charge in [-0.2, -0.15) is 18.4 Å². The van der Waals surface area contributed by atoms with E-state index in [2.05, 4.69) is 15.1 Å². The maximum absolute atomic E-state index is 13.6. The van der Waals surface area contributed by atoms with E-state index in [4.69, 9.17) is 4.52 Å². The van der Waals surface area contributed by atoms with Gasteiger partial charge in [-0.1, -0.05) is 35.5 Å². The number of anilines is 1. The molecule has 0 fully saturated rings. The molecular formula is C21H16F3N5O3. The fourth-order valence-electron chi connectivity index (χ4n) is 2.86. The fourth-order valence-corrected chi connectivity index (χ4v) is 2.86. The highest BCUT2D eigenvalue weighted by Gasteiger charge is 2.36. The van der Waals surface area contributed by atoms with E-state index in [9.17, 15) is 28.3 Å². The molecule has 0 aliphatic carbocycles. The Morgan fingerprint density at radius 1 is 1.22 bits per heavy atom. The highest BCUT2D eigenvalue weighted by Crippen LogP contribution is 2.31. The molecule has 0 aliphatic heterocycles. The second-order valence-corrected chi connectivity index (χ2v) is 6.64. The number of nitrogens with one attached hydrogen (secondary N) is 1. The number of carbonyl (C=O) groups excluding carboxylic acids is 1. The van der Waals surface area contributed by atoms with Gasteiger partial charge in [-0.3, -0.25) is 10.1 Å². The van der Waals surface area contributed by atoms with Gasteiger partial charge in [0.2, 0.25) is 5.95 Å². The van der Waals surface area contributed by atoms with Crippen LogP contribution >= 0.6 is 0 Å². The van der Waals surface area contributed by atoms with Crippen molar-refractivity contribution in [2.75, 3.05) is 5.32 Å². The number of nitrogens with zero attached hydrogens (tertiary/aromatic N) is 4. The minimum Gasteiger partial charge on any atom is -0.506 e. The molecule has 2 N–H and O–H groups in total. The highest BCUT2D eigenvalue weighted by atomic mass is 19.4. The second kappa shape index (κ2) is 9.30. The quantitative estimate of drug-likeness (QED) is 0.335. The molecule has 1 aromatic carbocycles. The molecule has 0 saturated carbocycles. The van der Waals surface area contributed by atoms with Crippen LogP contribution in [-0.4, -0.2) is 26.1 Å². The molecule has 0 bridgehead atoms. The minimum absolute atomic E-state index is 0.00939. The third kappa shape index (κ3) is 5.10. The standard InChI is InChI=1S/C21H16F3N5O3/c1-12-16(11-27-32-12)17(30)15(9-25)19(31)29-20-26-10-14(18(28-20)21(22,23)24)8-7-13-5-3-2-4-6-13/h2-6,10-11,30H,7-8H2,1H3,(H,26,28,29,31)/b17-15-. The number of carbonyl (C=O) groups is 1. The summed E-state index contributed by atoms with van der Waals surface area (Å²) in [7, 11) is 0. The SMILES string of the molecule is Cc1oncc1/C(O)=C(\C#N)C(=O)Nc1ncc(CCc2ccccc2)c(C(F)(F)F)n1. The van der Waals surface area contributed by atoms with Crippen LogP contribution in [-0.2, 0) is 23.8 Å². The Kier molecular flexibility index (Phi) is 6.53. The highest BCUT2D eigenvalue weighted by molar-refractivity contribution is 6.10. The van der Waals surface area contributed by atoms with Crippen molar-refractivity contribution in [1.82, 2.24) is 15.1 Å². The van der Waals surface area contributed by atoms with Gasteiger partial charge in [0.25, 0.3) is 5.91 Å². The number of aliphatic hydroxyl groups excluding tert-OH is 1. The minimum atomic E-state index is -4.79. The van der Waals surface area contributed by atoms with E-state index < -0.39 is 35.1 Å². The number of hydrogen-bond donors (Lipinski definition) is 2. The van der Waals surface area contributed by atoms with E-state index in [1.165, 1.54) is 13.0 Å². The monoisotopic (exact) mass is 443 g/mol. The van der Waals surface area contributed by atoms with Crippen molar-refractivity contribution in [2.45, 2.75) is 25.9 Å². The maximum Gasteiger partial charge on any atom is 0.433 e. The molecule has 0 atom stereocenters. The number of halogens is 3. The zero-order valence-electron chi connectivity index (χ0n) is 16.6. The Labute approximate surface area is 180 Å². The van der Waals surface area contributed by atoms with Crippen LogP contribution in [0.2, 0.25) is 0 Å². The lowest BCUT2D eigenvalue weighted by atomic mass is 10.0. The summed E-state index contributed by atoms with van der Waals surface area (Å²) < 4.78 is 45.4. The molecule has 0 saturated heterocycles. The summed E-state index contributed by atoms with van der Waals surface area (Å²) in [4.78, 5) is 19.6. The van der Waals surface area contributed by atoms with Gasteiger partial charge in [-0.05, 0) is 25.3 Å². The molecule has 0 spiro atoms. The number of amides is 1. The summed E-state index contributed by atoms with van der Waals surface area (Å²) in [6, 6.07) is 10.5. The van der Waals surface area contributed by atoms with Crippen LogP contribution < -0.4 is 5.32 Å². The zero-order valence-corrected chi connectivity index (χ0v) is 16.6. The van der Waals surface area contributed by atoms with E-state index in [0.717, 1.165) is 18.0 Å². The number of hydrogen-bond acceptors (Lipinski definition) is 7. The summed E-state index contributed by atoms with van der Waals surface area (Å²) in [5, 5.41) is 24.9. The van der Waals surface area contributed by atoms with Crippen LogP contribution in [0.4, 0.5) is 19.1 Å². The Hall–Kier alpha value is -4.20. The lowest BCUT2D eigenvalue weighted by Gasteiger charge is -2.13. The van der Waals surface area contributed by atoms with Crippen molar-refractivity contribution in [3.05, 3.63) is 76.4 Å². The van der Waals surface area contributed by atoms with Crippen LogP contribution in [0.15, 0.2) is 52.8 Å². The van der Waals surface area contributed by atoms with E-state index in [1.54, 1.807) is 30.3 Å². The van der Waals surface area contributed by atoms with Gasteiger partial charge < -0.3 is 9.63 Å². The first-order valence-corrected chi connectivity index (χ1v) is 9.24. The number of rotatable bonds is 6. The molecule has 3 aromatic rings. The predicted octanol–water partition coefficient (Wildman–Crippen LogP) is 4.01. The summed E-state index contributed by atoms with van der Waals surface area (Å²) in [6.07, 6.45) is -2.34. The number of aryl methyl sites for hydroxylation is 3. The second-order valence-electron chi connectivity index (χ2n) is 6.64. The summed E-state index contributed by atoms with van der Waals surface area (Å²) >= 11 is 0. The molecule has 2 aromatic heterocycles. The van der Waals surface area contributed by atoms with Gasteiger partial charge in [0.1, 0.15) is 11.8 Å². The Balaban J connectivity index is 1.86. The Bertz CT molecular complexity index is 1200. The van der Waals surface area contributed by atoms with Crippen molar-refractivity contribution in [2.24, 2.45) is 0 Å². The molecular weight excluding hydrogens is 427 g/mol. The first kappa shape index (κ1) is 22.5. The molecule has 2 heterocycles. The first-order valence-electron chi connectivity index (χ1n) is 9.24. The normalized spacial score (nSPS) is 12.1. The third-order valence-electron chi connectivity index (χ3n) is 4.47.